The van der Waals surface area contributed by atoms with Gasteiger partial charge in [-0.15, -0.1) is 0 Å². The molecule has 0 bridgehead atoms. The van der Waals surface area contributed by atoms with Gasteiger partial charge >= 0.3 is 0 Å². The zero-order chi connectivity index (χ0) is 11.5. The average molecular weight is 230 g/mol. The molecule has 3 rings (SSSR count). The maximum absolute atomic E-state index is 3.71. The van der Waals surface area contributed by atoms with Crippen molar-refractivity contribution in [1.82, 2.24) is 10.2 Å². The number of rotatable bonds is 1. The SMILES string of the molecule is c1ccc(C2CN3CCCCC3CCN2)cc1. The summed E-state index contributed by atoms with van der Waals surface area (Å²) in [5.74, 6) is 0. The molecule has 2 nitrogen and oxygen atoms in total. The molecule has 92 valence electrons. The van der Waals surface area contributed by atoms with Crippen molar-refractivity contribution >= 4 is 0 Å². The second-order valence-corrected chi connectivity index (χ2v) is 5.35. The first-order valence-corrected chi connectivity index (χ1v) is 6.96. The van der Waals surface area contributed by atoms with Crippen molar-refractivity contribution in [3.63, 3.8) is 0 Å². The number of hydrogen-bond donors (Lipinski definition) is 1. The van der Waals surface area contributed by atoms with E-state index in [1.54, 1.807) is 0 Å². The Kier molecular flexibility index (Phi) is 3.44. The van der Waals surface area contributed by atoms with Gasteiger partial charge < -0.3 is 5.32 Å². The van der Waals surface area contributed by atoms with Gasteiger partial charge in [-0.2, -0.15) is 0 Å². The molecule has 2 aliphatic rings. The Morgan fingerprint density at radius 2 is 1.94 bits per heavy atom. The minimum atomic E-state index is 0.527. The van der Waals surface area contributed by atoms with Crippen molar-refractivity contribution in [3.8, 4) is 0 Å². The summed E-state index contributed by atoms with van der Waals surface area (Å²) in [5, 5.41) is 3.71. The van der Waals surface area contributed by atoms with Crippen LogP contribution >= 0.6 is 0 Å². The quantitative estimate of drug-likeness (QED) is 0.797. The summed E-state index contributed by atoms with van der Waals surface area (Å²) in [6.45, 7) is 3.66. The summed E-state index contributed by atoms with van der Waals surface area (Å²) in [6.07, 6.45) is 5.54. The van der Waals surface area contributed by atoms with E-state index in [0.29, 0.717) is 6.04 Å². The molecule has 2 saturated heterocycles. The third-order valence-electron chi connectivity index (χ3n) is 4.24. The molecule has 2 heterocycles. The molecule has 2 atom stereocenters. The van der Waals surface area contributed by atoms with Crippen LogP contribution in [0.3, 0.4) is 0 Å². The van der Waals surface area contributed by atoms with Crippen LogP contribution in [0, 0.1) is 0 Å². The van der Waals surface area contributed by atoms with Crippen LogP contribution in [0.15, 0.2) is 30.3 Å². The molecule has 0 spiro atoms. The van der Waals surface area contributed by atoms with Crippen molar-refractivity contribution in [1.29, 1.82) is 0 Å². The first kappa shape index (κ1) is 11.2. The first-order valence-electron chi connectivity index (χ1n) is 6.96. The Hall–Kier alpha value is -0.860. The summed E-state index contributed by atoms with van der Waals surface area (Å²) in [6, 6.07) is 12.3. The van der Waals surface area contributed by atoms with E-state index in [4.69, 9.17) is 0 Å². The normalized spacial score (nSPS) is 30.6. The Balaban J connectivity index is 1.74. The summed E-state index contributed by atoms with van der Waals surface area (Å²) in [4.78, 5) is 2.71. The maximum atomic E-state index is 3.71. The molecule has 2 heteroatoms. The molecular weight excluding hydrogens is 208 g/mol. The molecule has 1 aromatic rings. The van der Waals surface area contributed by atoms with Gasteiger partial charge in [-0.3, -0.25) is 4.90 Å². The van der Waals surface area contributed by atoms with Crippen molar-refractivity contribution in [2.45, 2.75) is 37.8 Å². The molecule has 0 amide bonds. The highest BCUT2D eigenvalue weighted by atomic mass is 15.2. The highest BCUT2D eigenvalue weighted by Crippen LogP contribution is 2.25. The summed E-state index contributed by atoms with van der Waals surface area (Å²) < 4.78 is 0. The second kappa shape index (κ2) is 5.19. The van der Waals surface area contributed by atoms with E-state index in [1.807, 2.05) is 0 Å². The Labute approximate surface area is 104 Å². The van der Waals surface area contributed by atoms with Crippen molar-refractivity contribution in [2.24, 2.45) is 0 Å². The van der Waals surface area contributed by atoms with Crippen LogP contribution in [0.25, 0.3) is 0 Å². The van der Waals surface area contributed by atoms with E-state index >= 15 is 0 Å². The van der Waals surface area contributed by atoms with Gasteiger partial charge in [0, 0.05) is 18.6 Å². The molecule has 2 aliphatic heterocycles. The number of fused-ring (bicyclic) bond motifs is 1. The van der Waals surface area contributed by atoms with E-state index in [0.717, 1.165) is 6.04 Å². The smallest absolute Gasteiger partial charge is 0.0449 e. The molecule has 0 radical (unpaired) electrons. The third kappa shape index (κ3) is 2.53. The predicted molar refractivity (Wildman–Crippen MR) is 71.0 cm³/mol. The van der Waals surface area contributed by atoms with Crippen LogP contribution in [0.1, 0.15) is 37.3 Å². The highest BCUT2D eigenvalue weighted by molar-refractivity contribution is 5.19. The van der Waals surface area contributed by atoms with E-state index in [-0.39, 0.29) is 0 Å². The van der Waals surface area contributed by atoms with Crippen LogP contribution < -0.4 is 5.32 Å². The topological polar surface area (TPSA) is 15.3 Å². The van der Waals surface area contributed by atoms with Gasteiger partial charge in [-0.1, -0.05) is 36.8 Å². The lowest BCUT2D eigenvalue weighted by Gasteiger charge is -2.35. The first-order chi connectivity index (χ1) is 8.43. The van der Waals surface area contributed by atoms with Crippen LogP contribution in [0.4, 0.5) is 0 Å². The number of hydrogen-bond acceptors (Lipinski definition) is 2. The molecule has 2 unspecified atom stereocenters. The highest BCUT2D eigenvalue weighted by Gasteiger charge is 2.27. The monoisotopic (exact) mass is 230 g/mol. The van der Waals surface area contributed by atoms with Gasteiger partial charge in [0.15, 0.2) is 0 Å². The minimum Gasteiger partial charge on any atom is -0.309 e. The fourth-order valence-corrected chi connectivity index (χ4v) is 3.26. The van der Waals surface area contributed by atoms with Gasteiger partial charge in [-0.05, 0) is 37.9 Å². The molecule has 0 aromatic heterocycles. The molecule has 17 heavy (non-hydrogen) atoms. The predicted octanol–water partition coefficient (Wildman–Crippen LogP) is 2.58. The summed E-state index contributed by atoms with van der Waals surface area (Å²) in [7, 11) is 0. The van der Waals surface area contributed by atoms with E-state index in [2.05, 4.69) is 40.5 Å². The lowest BCUT2D eigenvalue weighted by Crippen LogP contribution is -2.40. The molecule has 0 aliphatic carbocycles. The van der Waals surface area contributed by atoms with Crippen LogP contribution in [0.2, 0.25) is 0 Å². The maximum Gasteiger partial charge on any atom is 0.0449 e. The minimum absolute atomic E-state index is 0.527. The largest absolute Gasteiger partial charge is 0.309 e. The third-order valence-corrected chi connectivity index (χ3v) is 4.24. The number of piperidine rings is 1. The summed E-state index contributed by atoms with van der Waals surface area (Å²) >= 11 is 0. The molecule has 1 N–H and O–H groups in total. The Morgan fingerprint density at radius 3 is 2.82 bits per heavy atom. The van der Waals surface area contributed by atoms with Crippen LogP contribution in [0.5, 0.6) is 0 Å². The average Bonchev–Trinajstić information content (AvgIpc) is 2.62. The molecule has 0 saturated carbocycles. The number of nitrogens with one attached hydrogen (secondary N) is 1. The van der Waals surface area contributed by atoms with Crippen molar-refractivity contribution in [2.75, 3.05) is 19.6 Å². The van der Waals surface area contributed by atoms with Crippen LogP contribution in [-0.4, -0.2) is 30.6 Å². The van der Waals surface area contributed by atoms with Crippen molar-refractivity contribution < 1.29 is 0 Å². The number of benzene rings is 1. The van der Waals surface area contributed by atoms with Crippen LogP contribution in [-0.2, 0) is 0 Å². The lowest BCUT2D eigenvalue weighted by molar-refractivity contribution is 0.146. The van der Waals surface area contributed by atoms with E-state index in [1.165, 1.54) is 50.9 Å². The fraction of sp³-hybridized carbons (Fsp3) is 0.600. The molecular formula is C15H22N2. The number of nitrogens with zero attached hydrogens (tertiary/aromatic N) is 1. The standard InChI is InChI=1S/C15H22N2/c1-2-6-13(7-3-1)15-12-17-11-5-4-8-14(17)9-10-16-15/h1-3,6-7,14-16H,4-5,8-12H2. The Bertz CT molecular complexity index is 349. The van der Waals surface area contributed by atoms with Crippen molar-refractivity contribution in [3.05, 3.63) is 35.9 Å². The molecule has 1 aromatic carbocycles. The zero-order valence-electron chi connectivity index (χ0n) is 10.4. The second-order valence-electron chi connectivity index (χ2n) is 5.35. The molecule has 2 fully saturated rings. The van der Waals surface area contributed by atoms with Gasteiger partial charge in [0.2, 0.25) is 0 Å². The zero-order valence-corrected chi connectivity index (χ0v) is 10.4. The van der Waals surface area contributed by atoms with Gasteiger partial charge in [0.05, 0.1) is 0 Å². The van der Waals surface area contributed by atoms with Gasteiger partial charge in [0.1, 0.15) is 0 Å². The fourth-order valence-electron chi connectivity index (χ4n) is 3.26. The Morgan fingerprint density at radius 1 is 1.06 bits per heavy atom. The van der Waals surface area contributed by atoms with Gasteiger partial charge in [0.25, 0.3) is 0 Å². The van der Waals surface area contributed by atoms with E-state index in [9.17, 15) is 0 Å². The van der Waals surface area contributed by atoms with E-state index < -0.39 is 0 Å². The lowest BCUT2D eigenvalue weighted by atomic mass is 9.99. The van der Waals surface area contributed by atoms with Gasteiger partial charge in [-0.25, -0.2) is 0 Å². The summed E-state index contributed by atoms with van der Waals surface area (Å²) in [5.41, 5.74) is 1.44.